The summed E-state index contributed by atoms with van der Waals surface area (Å²) in [6.45, 7) is 2.02. The first-order valence-electron chi connectivity index (χ1n) is 7.29. The van der Waals surface area contributed by atoms with E-state index in [9.17, 15) is 4.79 Å². The Labute approximate surface area is 121 Å². The molecule has 1 heterocycles. The minimum Gasteiger partial charge on any atom is -0.367 e. The predicted octanol–water partition coefficient (Wildman–Crippen LogP) is 1.97. The highest BCUT2D eigenvalue weighted by atomic mass is 16.5. The van der Waals surface area contributed by atoms with Crippen LogP contribution < -0.4 is 5.32 Å². The van der Waals surface area contributed by atoms with Gasteiger partial charge in [0, 0.05) is 20.2 Å². The number of carbonyl (C=O) groups excluding carboxylic acids is 1. The Morgan fingerprint density at radius 1 is 1.30 bits per heavy atom. The maximum atomic E-state index is 12.7. The summed E-state index contributed by atoms with van der Waals surface area (Å²) < 4.78 is 5.43. The molecule has 0 spiro atoms. The maximum absolute atomic E-state index is 12.7. The van der Waals surface area contributed by atoms with Gasteiger partial charge in [0.15, 0.2) is 6.10 Å². The largest absolute Gasteiger partial charge is 0.367 e. The molecule has 1 N–H and O–H groups in total. The van der Waals surface area contributed by atoms with Crippen molar-refractivity contribution in [2.24, 2.45) is 0 Å². The maximum Gasteiger partial charge on any atom is 0.256 e. The van der Waals surface area contributed by atoms with Crippen LogP contribution >= 0.6 is 0 Å². The van der Waals surface area contributed by atoms with Crippen molar-refractivity contribution in [2.45, 2.75) is 31.4 Å². The smallest absolute Gasteiger partial charge is 0.256 e. The number of nitrogens with one attached hydrogen (secondary N) is 1. The molecule has 0 radical (unpaired) electrons. The molecule has 1 aromatic carbocycles. The molecule has 1 amide bonds. The number of benzene rings is 1. The number of nitrogens with zero attached hydrogens (tertiary/aromatic N) is 1. The minimum absolute atomic E-state index is 0.0469. The predicted molar refractivity (Wildman–Crippen MR) is 79.5 cm³/mol. The molecule has 0 aliphatic carbocycles. The first-order chi connectivity index (χ1) is 9.74. The summed E-state index contributed by atoms with van der Waals surface area (Å²) in [6, 6.07) is 10.00. The van der Waals surface area contributed by atoms with Gasteiger partial charge in [0.2, 0.25) is 0 Å². The van der Waals surface area contributed by atoms with Gasteiger partial charge in [-0.15, -0.1) is 0 Å². The Bertz CT molecular complexity index is 414. The second-order valence-electron chi connectivity index (χ2n) is 5.31. The van der Waals surface area contributed by atoms with E-state index < -0.39 is 6.10 Å². The van der Waals surface area contributed by atoms with Crippen molar-refractivity contribution in [3.63, 3.8) is 0 Å². The van der Waals surface area contributed by atoms with E-state index in [0.717, 1.165) is 37.9 Å². The van der Waals surface area contributed by atoms with Gasteiger partial charge in [-0.3, -0.25) is 4.79 Å². The van der Waals surface area contributed by atoms with Crippen LogP contribution in [-0.2, 0) is 9.53 Å². The zero-order valence-corrected chi connectivity index (χ0v) is 12.3. The zero-order valence-electron chi connectivity index (χ0n) is 12.3. The number of hydrogen-bond donors (Lipinski definition) is 1. The van der Waals surface area contributed by atoms with Crippen LogP contribution in [0.1, 0.15) is 30.9 Å². The SMILES string of the molecule is COC(C(=O)N(C)C1CCCNCC1)c1ccccc1. The van der Waals surface area contributed by atoms with Crippen LogP contribution in [0.15, 0.2) is 30.3 Å². The average Bonchev–Trinajstić information content (AvgIpc) is 2.77. The summed E-state index contributed by atoms with van der Waals surface area (Å²) in [4.78, 5) is 14.5. The van der Waals surface area contributed by atoms with Crippen molar-refractivity contribution >= 4 is 5.91 Å². The lowest BCUT2D eigenvalue weighted by Gasteiger charge is -2.30. The lowest BCUT2D eigenvalue weighted by molar-refractivity contribution is -0.143. The standard InChI is InChI=1S/C16H24N2O2/c1-18(14-9-6-11-17-12-10-14)16(19)15(20-2)13-7-4-3-5-8-13/h3-5,7-8,14-15,17H,6,9-12H2,1-2H3. The van der Waals surface area contributed by atoms with Gasteiger partial charge in [0.1, 0.15) is 0 Å². The van der Waals surface area contributed by atoms with Gasteiger partial charge >= 0.3 is 0 Å². The average molecular weight is 276 g/mol. The summed E-state index contributed by atoms with van der Waals surface area (Å²) in [5, 5.41) is 3.38. The van der Waals surface area contributed by atoms with Gasteiger partial charge in [-0.1, -0.05) is 30.3 Å². The number of ether oxygens (including phenoxy) is 1. The Balaban J connectivity index is 2.07. The van der Waals surface area contributed by atoms with E-state index in [0.29, 0.717) is 6.04 Å². The molecule has 2 rings (SSSR count). The third-order valence-corrected chi connectivity index (χ3v) is 4.00. The van der Waals surface area contributed by atoms with E-state index >= 15 is 0 Å². The molecule has 4 nitrogen and oxygen atoms in total. The molecule has 110 valence electrons. The normalized spacial score (nSPS) is 21.0. The van der Waals surface area contributed by atoms with Crippen LogP contribution in [-0.4, -0.2) is 44.1 Å². The molecule has 0 saturated carbocycles. The lowest BCUT2D eigenvalue weighted by atomic mass is 10.0. The fourth-order valence-corrected chi connectivity index (χ4v) is 2.76. The summed E-state index contributed by atoms with van der Waals surface area (Å²) in [6.07, 6.45) is 2.68. The van der Waals surface area contributed by atoms with Gasteiger partial charge in [-0.2, -0.15) is 0 Å². The lowest BCUT2D eigenvalue weighted by Crippen LogP contribution is -2.40. The third kappa shape index (κ3) is 3.58. The monoisotopic (exact) mass is 276 g/mol. The summed E-state index contributed by atoms with van der Waals surface area (Å²) in [7, 11) is 3.49. The van der Waals surface area contributed by atoms with Crippen molar-refractivity contribution in [1.82, 2.24) is 10.2 Å². The molecule has 1 aliphatic rings. The van der Waals surface area contributed by atoms with Crippen molar-refractivity contribution in [1.29, 1.82) is 0 Å². The number of hydrogen-bond acceptors (Lipinski definition) is 3. The molecule has 0 aromatic heterocycles. The van der Waals surface area contributed by atoms with Gasteiger partial charge in [-0.25, -0.2) is 0 Å². The zero-order chi connectivity index (χ0) is 14.4. The van der Waals surface area contributed by atoms with E-state index in [1.165, 1.54) is 0 Å². The molecule has 1 fully saturated rings. The fraction of sp³-hybridized carbons (Fsp3) is 0.562. The molecular formula is C16H24N2O2. The van der Waals surface area contributed by atoms with Crippen molar-refractivity contribution in [3.05, 3.63) is 35.9 Å². The number of carbonyl (C=O) groups is 1. The summed E-state index contributed by atoms with van der Waals surface area (Å²) in [5.41, 5.74) is 0.915. The minimum atomic E-state index is -0.502. The highest BCUT2D eigenvalue weighted by Crippen LogP contribution is 2.22. The number of rotatable bonds is 4. The van der Waals surface area contributed by atoms with Gasteiger partial charge < -0.3 is 15.0 Å². The van der Waals surface area contributed by atoms with Gasteiger partial charge in [0.25, 0.3) is 5.91 Å². The molecule has 2 unspecified atom stereocenters. The van der Waals surface area contributed by atoms with E-state index in [-0.39, 0.29) is 5.91 Å². The number of likely N-dealkylation sites (N-methyl/N-ethyl adjacent to an activating group) is 1. The molecule has 1 aromatic rings. The summed E-state index contributed by atoms with van der Waals surface area (Å²) in [5.74, 6) is 0.0469. The van der Waals surface area contributed by atoms with E-state index in [1.54, 1.807) is 7.11 Å². The topological polar surface area (TPSA) is 41.6 Å². The number of amides is 1. The molecule has 0 bridgehead atoms. The Hall–Kier alpha value is -1.39. The van der Waals surface area contributed by atoms with E-state index in [1.807, 2.05) is 42.3 Å². The first kappa shape index (κ1) is 15.0. The van der Waals surface area contributed by atoms with Gasteiger partial charge in [-0.05, 0) is 37.9 Å². The van der Waals surface area contributed by atoms with Crippen molar-refractivity contribution in [3.8, 4) is 0 Å². The fourth-order valence-electron chi connectivity index (χ4n) is 2.76. The molecular weight excluding hydrogens is 252 g/mol. The van der Waals surface area contributed by atoms with E-state index in [2.05, 4.69) is 5.32 Å². The Morgan fingerprint density at radius 2 is 2.05 bits per heavy atom. The molecule has 2 atom stereocenters. The molecule has 1 aliphatic heterocycles. The summed E-state index contributed by atoms with van der Waals surface area (Å²) >= 11 is 0. The van der Waals surface area contributed by atoms with Crippen molar-refractivity contribution in [2.75, 3.05) is 27.2 Å². The number of methoxy groups -OCH3 is 1. The van der Waals surface area contributed by atoms with Crippen molar-refractivity contribution < 1.29 is 9.53 Å². The highest BCUT2D eigenvalue weighted by molar-refractivity contribution is 5.82. The van der Waals surface area contributed by atoms with Crippen LogP contribution in [0.5, 0.6) is 0 Å². The molecule has 20 heavy (non-hydrogen) atoms. The Kier molecular flexibility index (Phi) is 5.56. The molecule has 1 saturated heterocycles. The van der Waals surface area contributed by atoms with Crippen LogP contribution in [0.4, 0.5) is 0 Å². The van der Waals surface area contributed by atoms with Crippen LogP contribution in [0.3, 0.4) is 0 Å². The third-order valence-electron chi connectivity index (χ3n) is 4.00. The van der Waals surface area contributed by atoms with E-state index in [4.69, 9.17) is 4.74 Å². The first-order valence-corrected chi connectivity index (χ1v) is 7.29. The second kappa shape index (κ2) is 7.41. The van der Waals surface area contributed by atoms with Crippen LogP contribution in [0, 0.1) is 0 Å². The highest BCUT2D eigenvalue weighted by Gasteiger charge is 2.28. The molecule has 4 heteroatoms. The van der Waals surface area contributed by atoms with Gasteiger partial charge in [0.05, 0.1) is 0 Å². The Morgan fingerprint density at radius 3 is 2.75 bits per heavy atom. The van der Waals surface area contributed by atoms with Crippen LogP contribution in [0.25, 0.3) is 0 Å². The quantitative estimate of drug-likeness (QED) is 0.914. The second-order valence-corrected chi connectivity index (χ2v) is 5.31. The van der Waals surface area contributed by atoms with Crippen LogP contribution in [0.2, 0.25) is 0 Å².